The first-order valence-corrected chi connectivity index (χ1v) is 10.2. The molecule has 7 heteroatoms. The Bertz CT molecular complexity index is 1170. The number of Topliss-reactive ketones (excluding diaryl/α,β-unsaturated/α-hetero) is 1. The van der Waals surface area contributed by atoms with Crippen molar-refractivity contribution in [3.05, 3.63) is 70.9 Å². The number of thioether (sulfide) groups is 1. The highest BCUT2D eigenvalue weighted by Gasteiger charge is 2.19. The van der Waals surface area contributed by atoms with Gasteiger partial charge < -0.3 is 13.4 Å². The molecule has 29 heavy (non-hydrogen) atoms. The van der Waals surface area contributed by atoms with E-state index >= 15 is 0 Å². The number of hydrogen-bond acceptors (Lipinski definition) is 6. The molecule has 0 spiro atoms. The fourth-order valence-electron chi connectivity index (χ4n) is 3.33. The molecule has 0 N–H and O–H groups in total. The molecule has 148 valence electrons. The number of ketones is 1. The summed E-state index contributed by atoms with van der Waals surface area (Å²) in [6.45, 7) is 7.87. The van der Waals surface area contributed by atoms with Crippen molar-refractivity contribution in [2.45, 2.75) is 32.9 Å². The SMILES string of the molecule is Cc1ccc(-n2c(C)cc(C(=O)CSc3nnc(-c4ccoc4C)o3)c2C)cc1. The van der Waals surface area contributed by atoms with Crippen LogP contribution >= 0.6 is 11.8 Å². The van der Waals surface area contributed by atoms with E-state index in [4.69, 9.17) is 8.83 Å². The summed E-state index contributed by atoms with van der Waals surface area (Å²) >= 11 is 1.24. The Balaban J connectivity index is 1.50. The molecular formula is C22H21N3O3S. The van der Waals surface area contributed by atoms with Crippen LogP contribution in [0.25, 0.3) is 17.1 Å². The summed E-state index contributed by atoms with van der Waals surface area (Å²) in [5.41, 5.74) is 5.67. The number of furan rings is 1. The molecular weight excluding hydrogens is 386 g/mol. The average molecular weight is 407 g/mol. The number of nitrogens with zero attached hydrogens (tertiary/aromatic N) is 3. The first-order chi connectivity index (χ1) is 13.9. The van der Waals surface area contributed by atoms with Crippen LogP contribution < -0.4 is 0 Å². The van der Waals surface area contributed by atoms with Crippen molar-refractivity contribution in [3.63, 3.8) is 0 Å². The van der Waals surface area contributed by atoms with Crippen LogP contribution in [0.1, 0.15) is 33.1 Å². The topological polar surface area (TPSA) is 74.1 Å². The maximum Gasteiger partial charge on any atom is 0.277 e. The molecule has 6 nitrogen and oxygen atoms in total. The lowest BCUT2D eigenvalue weighted by Crippen LogP contribution is -2.05. The standard InChI is InChI=1S/C22H21N3O3S/c1-13-5-7-17(8-6-13)25-14(2)11-19(15(25)3)20(26)12-29-22-24-23-21(28-22)18-9-10-27-16(18)4/h5-11H,12H2,1-4H3. The van der Waals surface area contributed by atoms with Gasteiger partial charge >= 0.3 is 0 Å². The first kappa shape index (κ1) is 19.3. The third-order valence-corrected chi connectivity index (χ3v) is 5.66. The summed E-state index contributed by atoms with van der Waals surface area (Å²) in [7, 11) is 0. The van der Waals surface area contributed by atoms with E-state index in [9.17, 15) is 4.79 Å². The van der Waals surface area contributed by atoms with Gasteiger partial charge in [0.1, 0.15) is 5.76 Å². The van der Waals surface area contributed by atoms with Crippen molar-refractivity contribution in [3.8, 4) is 17.1 Å². The Labute approximate surface area is 172 Å². The third kappa shape index (κ3) is 3.78. The molecule has 0 amide bonds. The van der Waals surface area contributed by atoms with Crippen LogP contribution in [0.2, 0.25) is 0 Å². The van der Waals surface area contributed by atoms with Crippen molar-refractivity contribution in [2.75, 3.05) is 5.75 Å². The maximum absolute atomic E-state index is 12.8. The molecule has 1 aromatic carbocycles. The van der Waals surface area contributed by atoms with Gasteiger partial charge in [0.25, 0.3) is 11.1 Å². The molecule has 4 rings (SSSR count). The van der Waals surface area contributed by atoms with Gasteiger partial charge in [-0.2, -0.15) is 0 Å². The number of aromatic nitrogens is 3. The van der Waals surface area contributed by atoms with Crippen LogP contribution in [0.3, 0.4) is 0 Å². The van der Waals surface area contributed by atoms with Gasteiger partial charge in [0.05, 0.1) is 17.6 Å². The summed E-state index contributed by atoms with van der Waals surface area (Å²) < 4.78 is 13.0. The maximum atomic E-state index is 12.8. The molecule has 3 aromatic heterocycles. The first-order valence-electron chi connectivity index (χ1n) is 9.24. The predicted molar refractivity (Wildman–Crippen MR) is 112 cm³/mol. The number of carbonyl (C=O) groups is 1. The fraction of sp³-hybridized carbons (Fsp3) is 0.227. The highest BCUT2D eigenvalue weighted by molar-refractivity contribution is 7.99. The van der Waals surface area contributed by atoms with Gasteiger partial charge in [0, 0.05) is 22.6 Å². The zero-order valence-electron chi connectivity index (χ0n) is 16.7. The molecule has 4 aromatic rings. The molecule has 3 heterocycles. The monoisotopic (exact) mass is 407 g/mol. The molecule has 0 bridgehead atoms. The molecule has 0 unspecified atom stereocenters. The van der Waals surface area contributed by atoms with Gasteiger partial charge in [0.2, 0.25) is 0 Å². The van der Waals surface area contributed by atoms with Crippen molar-refractivity contribution < 1.29 is 13.6 Å². The minimum Gasteiger partial charge on any atom is -0.469 e. The van der Waals surface area contributed by atoms with Crippen LogP contribution in [0.5, 0.6) is 0 Å². The molecule has 0 atom stereocenters. The second-order valence-corrected chi connectivity index (χ2v) is 7.86. The summed E-state index contributed by atoms with van der Waals surface area (Å²) in [6, 6.07) is 12.0. The molecule has 0 saturated heterocycles. The highest BCUT2D eigenvalue weighted by Crippen LogP contribution is 2.28. The zero-order valence-corrected chi connectivity index (χ0v) is 17.5. The minimum atomic E-state index is 0.0284. The molecule has 0 aliphatic carbocycles. The van der Waals surface area contributed by atoms with E-state index in [0.717, 1.165) is 22.6 Å². The summed E-state index contributed by atoms with van der Waals surface area (Å²) in [5.74, 6) is 1.36. The van der Waals surface area contributed by atoms with Crippen LogP contribution in [0.15, 0.2) is 56.7 Å². The van der Waals surface area contributed by atoms with Crippen LogP contribution in [0.4, 0.5) is 0 Å². The smallest absolute Gasteiger partial charge is 0.277 e. The number of rotatable bonds is 6. The van der Waals surface area contributed by atoms with Crippen LogP contribution in [-0.4, -0.2) is 26.3 Å². The van der Waals surface area contributed by atoms with Gasteiger partial charge in [-0.1, -0.05) is 29.5 Å². The number of carbonyl (C=O) groups excluding carboxylic acids is 1. The molecule has 0 aliphatic heterocycles. The summed E-state index contributed by atoms with van der Waals surface area (Å²) in [4.78, 5) is 12.8. The lowest BCUT2D eigenvalue weighted by Gasteiger charge is -2.10. The highest BCUT2D eigenvalue weighted by atomic mass is 32.2. The summed E-state index contributed by atoms with van der Waals surface area (Å²) in [5, 5.41) is 8.43. The Kier molecular flexibility index (Phi) is 5.15. The normalized spacial score (nSPS) is 11.2. The van der Waals surface area contributed by atoms with Gasteiger partial charge in [-0.05, 0) is 52.0 Å². The van der Waals surface area contributed by atoms with E-state index in [1.165, 1.54) is 17.3 Å². The second kappa shape index (κ2) is 7.75. The van der Waals surface area contributed by atoms with Crippen molar-refractivity contribution >= 4 is 17.5 Å². The van der Waals surface area contributed by atoms with E-state index in [2.05, 4.69) is 46.0 Å². The van der Waals surface area contributed by atoms with Crippen LogP contribution in [-0.2, 0) is 0 Å². The van der Waals surface area contributed by atoms with E-state index in [1.807, 2.05) is 26.8 Å². The Hall–Kier alpha value is -3.06. The number of benzene rings is 1. The predicted octanol–water partition coefficient (Wildman–Crippen LogP) is 5.33. The van der Waals surface area contributed by atoms with Crippen molar-refractivity contribution in [1.29, 1.82) is 0 Å². The third-order valence-electron chi connectivity index (χ3n) is 4.85. The average Bonchev–Trinajstić information content (AvgIpc) is 3.40. The Morgan fingerprint density at radius 1 is 1.07 bits per heavy atom. The summed E-state index contributed by atoms with van der Waals surface area (Å²) in [6.07, 6.45) is 1.58. The van der Waals surface area contributed by atoms with E-state index < -0.39 is 0 Å². The number of aryl methyl sites for hydroxylation is 3. The molecule has 0 radical (unpaired) electrons. The van der Waals surface area contributed by atoms with Crippen molar-refractivity contribution in [2.24, 2.45) is 0 Å². The lowest BCUT2D eigenvalue weighted by atomic mass is 10.2. The van der Waals surface area contributed by atoms with Gasteiger partial charge in [0.15, 0.2) is 5.78 Å². The van der Waals surface area contributed by atoms with E-state index in [1.54, 1.807) is 12.3 Å². The van der Waals surface area contributed by atoms with E-state index in [0.29, 0.717) is 22.4 Å². The minimum absolute atomic E-state index is 0.0284. The molecule has 0 saturated carbocycles. The van der Waals surface area contributed by atoms with E-state index in [-0.39, 0.29) is 11.5 Å². The Morgan fingerprint density at radius 2 is 1.83 bits per heavy atom. The second-order valence-electron chi connectivity index (χ2n) is 6.93. The quantitative estimate of drug-likeness (QED) is 0.318. The number of hydrogen-bond donors (Lipinski definition) is 0. The lowest BCUT2D eigenvalue weighted by molar-refractivity contribution is 0.102. The molecule has 0 fully saturated rings. The largest absolute Gasteiger partial charge is 0.469 e. The van der Waals surface area contributed by atoms with Crippen LogP contribution in [0, 0.1) is 27.7 Å². The van der Waals surface area contributed by atoms with Gasteiger partial charge in [-0.25, -0.2) is 0 Å². The van der Waals surface area contributed by atoms with Gasteiger partial charge in [-0.3, -0.25) is 4.79 Å². The molecule has 0 aliphatic rings. The zero-order chi connectivity index (χ0) is 20.5. The fourth-order valence-corrected chi connectivity index (χ4v) is 3.97. The van der Waals surface area contributed by atoms with Crippen molar-refractivity contribution in [1.82, 2.24) is 14.8 Å². The Morgan fingerprint density at radius 3 is 2.52 bits per heavy atom. The van der Waals surface area contributed by atoms with Gasteiger partial charge in [-0.15, -0.1) is 10.2 Å².